The van der Waals surface area contributed by atoms with E-state index in [4.69, 9.17) is 19.1 Å². The zero-order valence-electron chi connectivity index (χ0n) is 22.3. The van der Waals surface area contributed by atoms with Crippen molar-refractivity contribution in [1.82, 2.24) is 15.2 Å². The molecule has 40 heavy (non-hydrogen) atoms. The largest absolute Gasteiger partial charge is 0.402 e. The number of ether oxygens (including phenoxy) is 1. The third-order valence-electron chi connectivity index (χ3n) is 8.02. The summed E-state index contributed by atoms with van der Waals surface area (Å²) in [6.07, 6.45) is 2.87. The van der Waals surface area contributed by atoms with Gasteiger partial charge in [-0.1, -0.05) is 73.0 Å². The Kier molecular flexibility index (Phi) is 6.44. The van der Waals surface area contributed by atoms with Crippen molar-refractivity contribution in [2.75, 3.05) is 36.5 Å². The van der Waals surface area contributed by atoms with Gasteiger partial charge in [0, 0.05) is 36.1 Å². The first kappa shape index (κ1) is 25.1. The average Bonchev–Trinajstić information content (AvgIpc) is 3.60. The third kappa shape index (κ3) is 4.61. The Morgan fingerprint density at radius 2 is 1.80 bits per heavy atom. The molecule has 1 atom stereocenters. The third-order valence-corrected chi connectivity index (χ3v) is 9.44. The van der Waals surface area contributed by atoms with E-state index < -0.39 is 6.17 Å². The number of fused-ring (bicyclic) bond motifs is 1. The lowest BCUT2D eigenvalue weighted by molar-refractivity contribution is -0.119. The predicted molar refractivity (Wildman–Crippen MR) is 154 cm³/mol. The van der Waals surface area contributed by atoms with Gasteiger partial charge in [0.1, 0.15) is 10.0 Å². The van der Waals surface area contributed by atoms with Crippen LogP contribution in [-0.2, 0) is 21.4 Å². The van der Waals surface area contributed by atoms with Crippen molar-refractivity contribution in [1.29, 1.82) is 0 Å². The van der Waals surface area contributed by atoms with Crippen molar-refractivity contribution in [3.8, 4) is 11.6 Å². The Hall–Kier alpha value is -3.89. The number of rotatable bonds is 6. The van der Waals surface area contributed by atoms with E-state index in [1.54, 1.807) is 11.3 Å². The fourth-order valence-electron chi connectivity index (χ4n) is 5.50. The zero-order valence-corrected chi connectivity index (χ0v) is 23.1. The number of carbonyl (C=O) groups excluding carboxylic acids is 1. The van der Waals surface area contributed by atoms with Crippen LogP contribution in [0.3, 0.4) is 0 Å². The molecule has 0 bridgehead atoms. The Bertz CT molecular complexity index is 1570. The Balaban J connectivity index is 1.21. The lowest BCUT2D eigenvalue weighted by Crippen LogP contribution is -2.36. The minimum atomic E-state index is -0.866. The summed E-state index contributed by atoms with van der Waals surface area (Å²) in [7, 11) is 0. The maximum atomic E-state index is 13.4. The van der Waals surface area contributed by atoms with E-state index >= 15 is 0 Å². The van der Waals surface area contributed by atoms with Gasteiger partial charge in [0.05, 0.1) is 18.9 Å². The van der Waals surface area contributed by atoms with Crippen LogP contribution in [0, 0.1) is 0 Å². The molecule has 1 N–H and O–H groups in total. The van der Waals surface area contributed by atoms with Crippen molar-refractivity contribution in [3.63, 3.8) is 0 Å². The second-order valence-electron chi connectivity index (χ2n) is 10.8. The van der Waals surface area contributed by atoms with Gasteiger partial charge in [-0.15, -0.1) is 16.4 Å². The number of nitrogens with one attached hydrogen (secondary N) is 1. The summed E-state index contributed by atoms with van der Waals surface area (Å²) in [6, 6.07) is 18.0. The summed E-state index contributed by atoms with van der Waals surface area (Å²) < 4.78 is 11.7. The van der Waals surface area contributed by atoms with Gasteiger partial charge in [-0.2, -0.15) is 0 Å². The van der Waals surface area contributed by atoms with Crippen molar-refractivity contribution >= 4 is 33.8 Å². The molecule has 7 rings (SSSR count). The van der Waals surface area contributed by atoms with Crippen molar-refractivity contribution in [2.24, 2.45) is 4.99 Å². The molecule has 2 aromatic carbocycles. The Morgan fingerprint density at radius 3 is 2.58 bits per heavy atom. The molecule has 10 heteroatoms. The lowest BCUT2D eigenvalue weighted by atomic mass is 9.71. The minimum Gasteiger partial charge on any atom is -0.402 e. The second-order valence-corrected chi connectivity index (χ2v) is 11.8. The number of carbonyl (C=O) groups is 1. The van der Waals surface area contributed by atoms with Gasteiger partial charge in [0.15, 0.2) is 17.6 Å². The molecular formula is C30H30N6O3S. The van der Waals surface area contributed by atoms with Crippen molar-refractivity contribution in [3.05, 3.63) is 76.3 Å². The SMILES string of the molecule is CC1(c2nc(-c3nnc(N[C@H]4N=C(c5ccccc5)c5ccccc5CC4=O)o3)c(N3CCOCC3)s2)CCC1. The summed E-state index contributed by atoms with van der Waals surface area (Å²) in [5, 5.41) is 13.9. The number of ketones is 1. The number of benzene rings is 2. The highest BCUT2D eigenvalue weighted by atomic mass is 32.1. The second kappa shape index (κ2) is 10.3. The highest BCUT2D eigenvalue weighted by Gasteiger charge is 2.39. The van der Waals surface area contributed by atoms with Gasteiger partial charge in [-0.25, -0.2) is 4.98 Å². The molecule has 0 radical (unpaired) electrons. The summed E-state index contributed by atoms with van der Waals surface area (Å²) >= 11 is 1.72. The molecule has 1 saturated carbocycles. The number of anilines is 2. The Morgan fingerprint density at radius 1 is 1.02 bits per heavy atom. The van der Waals surface area contributed by atoms with E-state index in [0.29, 0.717) is 24.8 Å². The molecule has 9 nitrogen and oxygen atoms in total. The molecule has 0 unspecified atom stereocenters. The smallest absolute Gasteiger partial charge is 0.317 e. The molecule has 204 valence electrons. The molecule has 2 fully saturated rings. The summed E-state index contributed by atoms with van der Waals surface area (Å²) in [6.45, 7) is 5.21. The number of Topliss-reactive ketones (excluding diaryl/α,β-unsaturated/α-hetero) is 1. The maximum Gasteiger partial charge on any atom is 0.317 e. The zero-order chi connectivity index (χ0) is 27.1. The van der Waals surface area contributed by atoms with Gasteiger partial charge >= 0.3 is 6.01 Å². The monoisotopic (exact) mass is 554 g/mol. The van der Waals surface area contributed by atoms with Gasteiger partial charge < -0.3 is 19.4 Å². The molecule has 4 heterocycles. The van der Waals surface area contributed by atoms with Crippen LogP contribution in [0.5, 0.6) is 0 Å². The first-order chi connectivity index (χ1) is 19.6. The number of hydrogen-bond donors (Lipinski definition) is 1. The van der Waals surface area contributed by atoms with Gasteiger partial charge in [0.25, 0.3) is 5.89 Å². The Labute approximate surface area is 236 Å². The summed E-state index contributed by atoms with van der Waals surface area (Å²) in [5.74, 6) is 0.270. The fourth-order valence-corrected chi connectivity index (χ4v) is 6.82. The minimum absolute atomic E-state index is 0.0685. The topological polar surface area (TPSA) is 106 Å². The van der Waals surface area contributed by atoms with E-state index in [2.05, 4.69) is 27.3 Å². The fraction of sp³-hybridized carbons (Fsp3) is 0.367. The van der Waals surface area contributed by atoms with Crippen LogP contribution in [0.2, 0.25) is 0 Å². The van der Waals surface area contributed by atoms with Crippen LogP contribution < -0.4 is 10.2 Å². The predicted octanol–water partition coefficient (Wildman–Crippen LogP) is 4.87. The quantitative estimate of drug-likeness (QED) is 0.360. The van der Waals surface area contributed by atoms with Crippen LogP contribution in [0.25, 0.3) is 11.6 Å². The number of aliphatic imine (C=N–C) groups is 1. The molecular weight excluding hydrogens is 524 g/mol. The van der Waals surface area contributed by atoms with Gasteiger partial charge in [-0.3, -0.25) is 9.79 Å². The molecule has 1 aliphatic carbocycles. The standard InChI is InChI=1S/C30H30N6O3S/c1-30(12-7-13-30)28-32-24(27(40-28)36-14-16-38-17-15-36)26-34-35-29(39-26)33-25-22(37)18-20-10-5-6-11-21(20)23(31-25)19-8-3-2-4-9-19/h2-6,8-11,25H,7,12-18H2,1H3,(H,33,35)/t25-/m1/s1. The molecule has 3 aliphatic rings. The van der Waals surface area contributed by atoms with E-state index in [9.17, 15) is 4.79 Å². The van der Waals surface area contributed by atoms with Crippen LogP contribution >= 0.6 is 11.3 Å². The van der Waals surface area contributed by atoms with E-state index in [1.165, 1.54) is 6.42 Å². The van der Waals surface area contributed by atoms with Crippen molar-refractivity contribution < 1.29 is 13.9 Å². The first-order valence-corrected chi connectivity index (χ1v) is 14.6. The molecule has 4 aromatic rings. The number of aromatic nitrogens is 3. The maximum absolute atomic E-state index is 13.4. The number of nitrogens with zero attached hydrogens (tertiary/aromatic N) is 5. The molecule has 1 saturated heterocycles. The first-order valence-electron chi connectivity index (χ1n) is 13.8. The van der Waals surface area contributed by atoms with E-state index in [0.717, 1.165) is 58.3 Å². The van der Waals surface area contributed by atoms with Crippen LogP contribution in [-0.4, -0.2) is 59.1 Å². The average molecular weight is 555 g/mol. The number of hydrogen-bond acceptors (Lipinski definition) is 10. The summed E-state index contributed by atoms with van der Waals surface area (Å²) in [5.41, 5.74) is 4.38. The van der Waals surface area contributed by atoms with Crippen LogP contribution in [0.1, 0.15) is 47.9 Å². The van der Waals surface area contributed by atoms with E-state index in [1.807, 2.05) is 54.6 Å². The van der Waals surface area contributed by atoms with Crippen LogP contribution in [0.15, 0.2) is 64.0 Å². The molecule has 2 aromatic heterocycles. The normalized spacial score (nSPS) is 20.3. The number of thiazole rings is 1. The van der Waals surface area contributed by atoms with Crippen molar-refractivity contribution in [2.45, 2.75) is 44.2 Å². The van der Waals surface area contributed by atoms with E-state index in [-0.39, 0.29) is 23.6 Å². The molecule has 0 amide bonds. The lowest BCUT2D eigenvalue weighted by Gasteiger charge is -2.36. The highest BCUT2D eigenvalue weighted by Crippen LogP contribution is 2.48. The highest BCUT2D eigenvalue weighted by molar-refractivity contribution is 7.16. The van der Waals surface area contributed by atoms with Gasteiger partial charge in [0.2, 0.25) is 0 Å². The molecule has 2 aliphatic heterocycles. The van der Waals surface area contributed by atoms with Gasteiger partial charge in [-0.05, 0) is 18.4 Å². The summed E-state index contributed by atoms with van der Waals surface area (Å²) in [4.78, 5) is 25.6. The number of morpholine rings is 1. The van der Waals surface area contributed by atoms with Crippen LogP contribution in [0.4, 0.5) is 11.0 Å². The molecule has 0 spiro atoms.